The molecule has 0 saturated carbocycles. The molecule has 3 aromatic rings. The molecular formula is C18H19BrClN5O2. The number of ether oxygens (including phenoxy) is 1. The summed E-state index contributed by atoms with van der Waals surface area (Å²) in [5.41, 5.74) is 1.46. The summed E-state index contributed by atoms with van der Waals surface area (Å²) in [4.78, 5) is 12.2. The summed E-state index contributed by atoms with van der Waals surface area (Å²) in [7, 11) is 0. The van der Waals surface area contributed by atoms with Crippen molar-refractivity contribution in [3.8, 4) is 5.75 Å². The van der Waals surface area contributed by atoms with Gasteiger partial charge in [0.1, 0.15) is 11.4 Å². The van der Waals surface area contributed by atoms with Crippen molar-refractivity contribution >= 4 is 33.4 Å². The van der Waals surface area contributed by atoms with Crippen molar-refractivity contribution < 1.29 is 9.53 Å². The smallest absolute Gasteiger partial charge is 0.271 e. The molecule has 1 amide bonds. The Morgan fingerprint density at radius 1 is 1.33 bits per heavy atom. The second-order valence-corrected chi connectivity index (χ2v) is 7.18. The number of halogens is 2. The fraction of sp³-hybridized carbons (Fsp3) is 0.278. The first-order valence-corrected chi connectivity index (χ1v) is 9.58. The quantitative estimate of drug-likeness (QED) is 0.529. The van der Waals surface area contributed by atoms with Crippen LogP contribution < -0.4 is 10.1 Å². The SMILES string of the molecule is Cc1ccnn1CCCNC(=O)c1ccn(COc2ccc(Cl)cc2Br)n1. The van der Waals surface area contributed by atoms with Crippen LogP contribution in [0.1, 0.15) is 22.6 Å². The van der Waals surface area contributed by atoms with Gasteiger partial charge >= 0.3 is 0 Å². The average Bonchev–Trinajstić information content (AvgIpc) is 3.27. The number of nitrogens with zero attached hydrogens (tertiary/aromatic N) is 4. The molecule has 9 heteroatoms. The van der Waals surface area contributed by atoms with Gasteiger partial charge in [0.25, 0.3) is 5.91 Å². The summed E-state index contributed by atoms with van der Waals surface area (Å²) in [6.07, 6.45) is 4.26. The first-order chi connectivity index (χ1) is 13.0. The Morgan fingerprint density at radius 2 is 2.19 bits per heavy atom. The number of carbonyl (C=O) groups is 1. The number of nitrogens with one attached hydrogen (secondary N) is 1. The van der Waals surface area contributed by atoms with Crippen LogP contribution in [-0.4, -0.2) is 32.0 Å². The number of hydrogen-bond acceptors (Lipinski definition) is 4. The van der Waals surface area contributed by atoms with Gasteiger partial charge in [-0.2, -0.15) is 10.2 Å². The predicted octanol–water partition coefficient (Wildman–Crippen LogP) is 3.66. The molecule has 2 heterocycles. The highest BCUT2D eigenvalue weighted by molar-refractivity contribution is 9.10. The highest BCUT2D eigenvalue weighted by Gasteiger charge is 2.10. The molecule has 0 aliphatic heterocycles. The van der Waals surface area contributed by atoms with Gasteiger partial charge in [-0.25, -0.2) is 4.68 Å². The van der Waals surface area contributed by atoms with Gasteiger partial charge in [-0.1, -0.05) is 11.6 Å². The molecule has 3 rings (SSSR count). The topological polar surface area (TPSA) is 74.0 Å². The molecule has 0 radical (unpaired) electrons. The Bertz CT molecular complexity index is 924. The van der Waals surface area contributed by atoms with Crippen LogP contribution in [0, 0.1) is 6.92 Å². The lowest BCUT2D eigenvalue weighted by Gasteiger charge is -2.08. The van der Waals surface area contributed by atoms with Crippen LogP contribution in [0.3, 0.4) is 0 Å². The Hall–Kier alpha value is -2.32. The van der Waals surface area contributed by atoms with Crippen molar-refractivity contribution in [1.82, 2.24) is 24.9 Å². The minimum atomic E-state index is -0.210. The van der Waals surface area contributed by atoms with Gasteiger partial charge in [-0.3, -0.25) is 9.48 Å². The monoisotopic (exact) mass is 451 g/mol. The minimum Gasteiger partial charge on any atom is -0.470 e. The summed E-state index contributed by atoms with van der Waals surface area (Å²) in [5, 5.41) is 11.9. The molecular weight excluding hydrogens is 434 g/mol. The molecule has 2 aromatic heterocycles. The van der Waals surface area contributed by atoms with E-state index in [1.54, 1.807) is 41.3 Å². The van der Waals surface area contributed by atoms with Crippen molar-refractivity contribution in [3.05, 3.63) is 63.6 Å². The van der Waals surface area contributed by atoms with Crippen LogP contribution in [0.5, 0.6) is 5.75 Å². The fourth-order valence-corrected chi connectivity index (χ4v) is 3.23. The highest BCUT2D eigenvalue weighted by atomic mass is 79.9. The molecule has 142 valence electrons. The second-order valence-electron chi connectivity index (χ2n) is 5.89. The van der Waals surface area contributed by atoms with E-state index < -0.39 is 0 Å². The number of aryl methyl sites for hydroxylation is 2. The molecule has 0 fully saturated rings. The van der Waals surface area contributed by atoms with E-state index in [0.29, 0.717) is 23.0 Å². The summed E-state index contributed by atoms with van der Waals surface area (Å²) in [5.74, 6) is 0.438. The zero-order valence-corrected chi connectivity index (χ0v) is 17.1. The van der Waals surface area contributed by atoms with E-state index in [9.17, 15) is 4.79 Å². The lowest BCUT2D eigenvalue weighted by atomic mass is 10.3. The number of benzene rings is 1. The summed E-state index contributed by atoms with van der Waals surface area (Å²) in [6, 6.07) is 8.88. The van der Waals surface area contributed by atoms with E-state index in [2.05, 4.69) is 31.4 Å². The predicted molar refractivity (Wildman–Crippen MR) is 106 cm³/mol. The molecule has 27 heavy (non-hydrogen) atoms. The normalized spacial score (nSPS) is 10.8. The van der Waals surface area contributed by atoms with E-state index in [-0.39, 0.29) is 12.6 Å². The van der Waals surface area contributed by atoms with Crippen LogP contribution in [0.15, 0.2) is 47.2 Å². The van der Waals surface area contributed by atoms with E-state index in [0.717, 1.165) is 23.1 Å². The van der Waals surface area contributed by atoms with Crippen molar-refractivity contribution in [2.75, 3.05) is 6.54 Å². The van der Waals surface area contributed by atoms with E-state index in [4.69, 9.17) is 16.3 Å². The van der Waals surface area contributed by atoms with Gasteiger partial charge < -0.3 is 10.1 Å². The first-order valence-electron chi connectivity index (χ1n) is 8.41. The Labute approximate surface area is 170 Å². The number of amides is 1. The van der Waals surface area contributed by atoms with Crippen LogP contribution >= 0.6 is 27.5 Å². The second kappa shape index (κ2) is 9.05. The largest absolute Gasteiger partial charge is 0.470 e. The summed E-state index contributed by atoms with van der Waals surface area (Å²) < 4.78 is 9.90. The molecule has 0 unspecified atom stereocenters. The van der Waals surface area contributed by atoms with Crippen LogP contribution in [0.4, 0.5) is 0 Å². The van der Waals surface area contributed by atoms with E-state index in [1.807, 2.05) is 17.7 Å². The molecule has 0 aliphatic rings. The highest BCUT2D eigenvalue weighted by Crippen LogP contribution is 2.28. The van der Waals surface area contributed by atoms with Crippen LogP contribution in [0.2, 0.25) is 5.02 Å². The van der Waals surface area contributed by atoms with E-state index in [1.165, 1.54) is 0 Å². The Balaban J connectivity index is 1.45. The van der Waals surface area contributed by atoms with Crippen molar-refractivity contribution in [1.29, 1.82) is 0 Å². The number of carbonyl (C=O) groups excluding carboxylic acids is 1. The van der Waals surface area contributed by atoms with Crippen LogP contribution in [-0.2, 0) is 13.3 Å². The maximum absolute atomic E-state index is 12.2. The summed E-state index contributed by atoms with van der Waals surface area (Å²) in [6.45, 7) is 3.51. The summed E-state index contributed by atoms with van der Waals surface area (Å²) >= 11 is 9.30. The molecule has 0 bridgehead atoms. The third-order valence-electron chi connectivity index (χ3n) is 3.88. The Morgan fingerprint density at radius 3 is 2.93 bits per heavy atom. The molecule has 7 nitrogen and oxygen atoms in total. The van der Waals surface area contributed by atoms with Crippen molar-refractivity contribution in [3.63, 3.8) is 0 Å². The lowest BCUT2D eigenvalue weighted by Crippen LogP contribution is -2.26. The third kappa shape index (κ3) is 5.33. The number of rotatable bonds is 8. The molecule has 0 atom stereocenters. The maximum Gasteiger partial charge on any atom is 0.271 e. The van der Waals surface area contributed by atoms with Gasteiger partial charge in [0.15, 0.2) is 6.73 Å². The fourth-order valence-electron chi connectivity index (χ4n) is 2.44. The van der Waals surface area contributed by atoms with Gasteiger partial charge in [0.2, 0.25) is 0 Å². The van der Waals surface area contributed by atoms with Gasteiger partial charge in [0.05, 0.1) is 4.47 Å². The molecule has 0 spiro atoms. The first kappa shape index (κ1) is 19.4. The van der Waals surface area contributed by atoms with Crippen LogP contribution in [0.25, 0.3) is 0 Å². The van der Waals surface area contributed by atoms with Gasteiger partial charge in [-0.05, 0) is 59.6 Å². The standard InChI is InChI=1S/C18H19BrClN5O2/c1-13-5-8-22-25(13)9-2-7-21-18(26)16-6-10-24(23-16)12-27-17-4-3-14(20)11-15(17)19/h3-6,8,10-11H,2,7,9,12H2,1H3,(H,21,26). The maximum atomic E-state index is 12.2. The molecule has 1 aromatic carbocycles. The molecule has 1 N–H and O–H groups in total. The van der Waals surface area contributed by atoms with E-state index >= 15 is 0 Å². The average molecular weight is 453 g/mol. The van der Waals surface area contributed by atoms with Crippen molar-refractivity contribution in [2.45, 2.75) is 26.6 Å². The number of hydrogen-bond donors (Lipinski definition) is 1. The third-order valence-corrected chi connectivity index (χ3v) is 4.74. The van der Waals surface area contributed by atoms with Gasteiger partial charge in [0, 0.05) is 36.2 Å². The Kier molecular flexibility index (Phi) is 6.52. The molecule has 0 aliphatic carbocycles. The van der Waals surface area contributed by atoms with Gasteiger partial charge in [-0.15, -0.1) is 0 Å². The zero-order chi connectivity index (χ0) is 19.2. The number of aromatic nitrogens is 4. The lowest BCUT2D eigenvalue weighted by molar-refractivity contribution is 0.0945. The van der Waals surface area contributed by atoms with Crippen molar-refractivity contribution in [2.24, 2.45) is 0 Å². The zero-order valence-electron chi connectivity index (χ0n) is 14.7. The molecule has 0 saturated heterocycles. The minimum absolute atomic E-state index is 0.187.